The zero-order chi connectivity index (χ0) is 24.4. The molecule has 3 amide bonds. The van der Waals surface area contributed by atoms with Gasteiger partial charge in [-0.15, -0.1) is 0 Å². The largest absolute Gasteiger partial charge is 0.454 e. The zero-order valence-corrected chi connectivity index (χ0v) is 20.2. The summed E-state index contributed by atoms with van der Waals surface area (Å²) in [6, 6.07) is 11.0. The van der Waals surface area contributed by atoms with E-state index < -0.39 is 40.6 Å². The van der Waals surface area contributed by atoms with Gasteiger partial charge in [-0.1, -0.05) is 30.3 Å². The molecule has 9 nitrogen and oxygen atoms in total. The number of nitrogens with one attached hydrogen (secondary N) is 3. The first-order valence-electron chi connectivity index (χ1n) is 10.0. The number of rotatable bonds is 10. The maximum Gasteiger partial charge on any atom is 0.325 e. The molecule has 0 radical (unpaired) electrons. The number of hydrogen-bond acceptors (Lipinski definition) is 7. The maximum atomic E-state index is 12.6. The molecule has 0 saturated carbocycles. The molecule has 0 aromatic heterocycles. The number of hydrogen-bond donors (Lipinski definition) is 3. The van der Waals surface area contributed by atoms with Gasteiger partial charge in [0.25, 0.3) is 5.91 Å². The summed E-state index contributed by atoms with van der Waals surface area (Å²) in [5.41, 5.74) is 2.38. The third-order valence-corrected chi connectivity index (χ3v) is 6.83. The van der Waals surface area contributed by atoms with E-state index in [1.54, 1.807) is 30.3 Å². The number of sulfonamides is 1. The van der Waals surface area contributed by atoms with Crippen molar-refractivity contribution in [3.63, 3.8) is 0 Å². The van der Waals surface area contributed by atoms with Gasteiger partial charge < -0.3 is 10.1 Å². The van der Waals surface area contributed by atoms with Crippen molar-refractivity contribution in [2.24, 2.45) is 0 Å². The van der Waals surface area contributed by atoms with E-state index in [9.17, 15) is 22.8 Å². The number of amides is 3. The van der Waals surface area contributed by atoms with Crippen LogP contribution in [0.4, 0.5) is 10.5 Å². The molecular weight excluding hydrogens is 466 g/mol. The molecule has 178 valence electrons. The Morgan fingerprint density at radius 3 is 2.39 bits per heavy atom. The lowest BCUT2D eigenvalue weighted by atomic mass is 10.1. The summed E-state index contributed by atoms with van der Waals surface area (Å²) in [4.78, 5) is 36.6. The van der Waals surface area contributed by atoms with E-state index in [0.29, 0.717) is 11.4 Å². The van der Waals surface area contributed by atoms with E-state index in [2.05, 4.69) is 15.4 Å². The van der Waals surface area contributed by atoms with E-state index in [4.69, 9.17) is 4.74 Å². The van der Waals surface area contributed by atoms with Gasteiger partial charge in [-0.25, -0.2) is 13.2 Å². The Bertz CT molecular complexity index is 1090. The highest BCUT2D eigenvalue weighted by molar-refractivity contribution is 7.98. The number of carbonyl (C=O) groups is 3. The lowest BCUT2D eigenvalue weighted by Gasteiger charge is -2.17. The van der Waals surface area contributed by atoms with Crippen molar-refractivity contribution in [3.05, 3.63) is 59.7 Å². The zero-order valence-electron chi connectivity index (χ0n) is 18.6. The van der Waals surface area contributed by atoms with Crippen LogP contribution in [0.3, 0.4) is 0 Å². The number of carbonyl (C=O) groups excluding carboxylic acids is 3. The van der Waals surface area contributed by atoms with Gasteiger partial charge in [-0.05, 0) is 61.6 Å². The van der Waals surface area contributed by atoms with Gasteiger partial charge in [-0.2, -0.15) is 16.5 Å². The average Bonchev–Trinajstić information content (AvgIpc) is 2.78. The van der Waals surface area contributed by atoms with Crippen LogP contribution in [0.1, 0.15) is 17.5 Å². The Kier molecular flexibility index (Phi) is 9.89. The Balaban J connectivity index is 1.93. The van der Waals surface area contributed by atoms with E-state index in [1.807, 2.05) is 26.2 Å². The second kappa shape index (κ2) is 12.4. The number of ether oxygens (including phenoxy) is 1. The molecule has 33 heavy (non-hydrogen) atoms. The van der Waals surface area contributed by atoms with Crippen LogP contribution in [0.15, 0.2) is 53.4 Å². The molecule has 0 heterocycles. The van der Waals surface area contributed by atoms with Gasteiger partial charge in [0.1, 0.15) is 6.04 Å². The molecule has 0 aliphatic carbocycles. The van der Waals surface area contributed by atoms with Crippen LogP contribution in [-0.4, -0.2) is 51.0 Å². The van der Waals surface area contributed by atoms with Gasteiger partial charge in [0, 0.05) is 5.69 Å². The normalized spacial score (nSPS) is 12.0. The van der Waals surface area contributed by atoms with Crippen LogP contribution in [0.2, 0.25) is 0 Å². The fourth-order valence-electron chi connectivity index (χ4n) is 2.76. The third-order valence-electron chi connectivity index (χ3n) is 4.70. The minimum Gasteiger partial charge on any atom is -0.454 e. The van der Waals surface area contributed by atoms with Crippen LogP contribution in [0.5, 0.6) is 0 Å². The second-order valence-electron chi connectivity index (χ2n) is 7.13. The minimum absolute atomic E-state index is 0.00723. The second-order valence-corrected chi connectivity index (χ2v) is 9.83. The Labute approximate surface area is 197 Å². The predicted octanol–water partition coefficient (Wildman–Crippen LogP) is 2.59. The minimum atomic E-state index is -3.96. The number of benzene rings is 2. The molecule has 1 unspecified atom stereocenters. The van der Waals surface area contributed by atoms with Crippen molar-refractivity contribution in [1.82, 2.24) is 10.0 Å². The molecule has 3 N–H and O–H groups in total. The number of thioether (sulfide) groups is 1. The smallest absolute Gasteiger partial charge is 0.325 e. The molecule has 0 spiro atoms. The number of anilines is 1. The molecule has 0 aliphatic heterocycles. The van der Waals surface area contributed by atoms with Crippen molar-refractivity contribution < 1.29 is 27.5 Å². The summed E-state index contributed by atoms with van der Waals surface area (Å²) in [6.07, 6.45) is 1.98. The van der Waals surface area contributed by atoms with Crippen molar-refractivity contribution in [2.75, 3.05) is 23.9 Å². The van der Waals surface area contributed by atoms with E-state index in [1.165, 1.54) is 23.9 Å². The maximum absolute atomic E-state index is 12.6. The highest BCUT2D eigenvalue weighted by Gasteiger charge is 2.27. The number of aryl methyl sites for hydroxylation is 1. The fourth-order valence-corrected chi connectivity index (χ4v) is 4.47. The topological polar surface area (TPSA) is 131 Å². The van der Waals surface area contributed by atoms with Gasteiger partial charge >= 0.3 is 12.0 Å². The summed E-state index contributed by atoms with van der Waals surface area (Å²) in [5, 5.41) is 4.64. The Morgan fingerprint density at radius 2 is 1.73 bits per heavy atom. The van der Waals surface area contributed by atoms with Crippen LogP contribution in [0.25, 0.3) is 0 Å². The molecule has 2 aromatic carbocycles. The summed E-state index contributed by atoms with van der Waals surface area (Å²) < 4.78 is 32.4. The third kappa shape index (κ3) is 8.19. The molecule has 0 bridgehead atoms. The lowest BCUT2D eigenvalue weighted by molar-refractivity contribution is -0.149. The first kappa shape index (κ1) is 26.4. The van der Waals surface area contributed by atoms with Gasteiger partial charge in [-0.3, -0.25) is 14.9 Å². The fraction of sp³-hybridized carbons (Fsp3) is 0.318. The van der Waals surface area contributed by atoms with Crippen LogP contribution in [-0.2, 0) is 24.3 Å². The van der Waals surface area contributed by atoms with Gasteiger partial charge in [0.2, 0.25) is 10.0 Å². The van der Waals surface area contributed by atoms with Crippen molar-refractivity contribution >= 4 is 45.4 Å². The first-order valence-corrected chi connectivity index (χ1v) is 12.9. The number of esters is 1. The highest BCUT2D eigenvalue weighted by atomic mass is 32.2. The number of urea groups is 1. The van der Waals surface area contributed by atoms with Crippen molar-refractivity contribution in [2.45, 2.75) is 31.2 Å². The predicted molar refractivity (Wildman–Crippen MR) is 128 cm³/mol. The van der Waals surface area contributed by atoms with Crippen molar-refractivity contribution in [1.29, 1.82) is 0 Å². The molecule has 11 heteroatoms. The molecular formula is C22H27N3O6S2. The Morgan fingerprint density at radius 1 is 1.03 bits per heavy atom. The van der Waals surface area contributed by atoms with E-state index >= 15 is 0 Å². The average molecular weight is 494 g/mol. The standard InChI is InChI=1S/C22H27N3O6S2/c1-15-8-7-11-18(16(15)2)23-22(28)24-20(26)14-31-21(27)19(12-13-32-3)25-33(29,30)17-9-5-4-6-10-17/h4-11,19,25H,12-14H2,1-3H3,(H2,23,24,26,28). The molecule has 2 rings (SSSR count). The van der Waals surface area contributed by atoms with Crippen LogP contribution in [0, 0.1) is 13.8 Å². The summed E-state index contributed by atoms with van der Waals surface area (Å²) in [6.45, 7) is 2.99. The van der Waals surface area contributed by atoms with Crippen LogP contribution < -0.4 is 15.4 Å². The highest BCUT2D eigenvalue weighted by Crippen LogP contribution is 2.17. The first-order chi connectivity index (χ1) is 15.6. The summed E-state index contributed by atoms with van der Waals surface area (Å²) in [7, 11) is -3.96. The van der Waals surface area contributed by atoms with Gasteiger partial charge in [0.15, 0.2) is 6.61 Å². The van der Waals surface area contributed by atoms with E-state index in [-0.39, 0.29) is 11.3 Å². The van der Waals surface area contributed by atoms with E-state index in [0.717, 1.165) is 11.1 Å². The quantitative estimate of drug-likeness (QED) is 0.434. The molecule has 0 saturated heterocycles. The molecule has 2 aromatic rings. The van der Waals surface area contributed by atoms with Crippen LogP contribution >= 0.6 is 11.8 Å². The SMILES string of the molecule is CSCCC(NS(=O)(=O)c1ccccc1)C(=O)OCC(=O)NC(=O)Nc1cccc(C)c1C. The van der Waals surface area contributed by atoms with Gasteiger partial charge in [0.05, 0.1) is 4.90 Å². The summed E-state index contributed by atoms with van der Waals surface area (Å²) in [5.74, 6) is -1.27. The monoisotopic (exact) mass is 493 g/mol. The molecule has 0 fully saturated rings. The number of imide groups is 1. The lowest BCUT2D eigenvalue weighted by Crippen LogP contribution is -2.44. The molecule has 1 atom stereocenters. The van der Waals surface area contributed by atoms with Crippen molar-refractivity contribution in [3.8, 4) is 0 Å². The molecule has 0 aliphatic rings. The Hall–Kier alpha value is -2.89. The summed E-state index contributed by atoms with van der Waals surface area (Å²) >= 11 is 1.43.